The molecule has 2 aromatic carbocycles. The van der Waals surface area contributed by atoms with Crippen molar-refractivity contribution in [2.45, 2.75) is 6.04 Å². The van der Waals surface area contributed by atoms with Gasteiger partial charge in [0.25, 0.3) is 0 Å². The molecule has 1 unspecified atom stereocenters. The lowest BCUT2D eigenvalue weighted by atomic mass is 9.98. The quantitative estimate of drug-likeness (QED) is 0.571. The van der Waals surface area contributed by atoms with E-state index in [1.807, 2.05) is 18.2 Å². The van der Waals surface area contributed by atoms with Crippen LogP contribution in [0.15, 0.2) is 63.9 Å². The highest BCUT2D eigenvalue weighted by molar-refractivity contribution is 9.10. The van der Waals surface area contributed by atoms with E-state index in [1.165, 1.54) is 10.8 Å². The summed E-state index contributed by atoms with van der Waals surface area (Å²) < 4.78 is 5.98. The SMILES string of the molecule is NNC(c1ccc2ccccc2c1)c1ccoc1Br. The highest BCUT2D eigenvalue weighted by Gasteiger charge is 2.17. The Kier molecular flexibility index (Phi) is 3.38. The molecule has 3 N–H and O–H groups in total. The molecule has 1 aromatic heterocycles. The van der Waals surface area contributed by atoms with Crippen LogP contribution in [0.5, 0.6) is 0 Å². The standard InChI is InChI=1S/C15H13BrN2O/c16-15-13(7-8-19-15)14(18-17)12-6-5-10-3-1-2-4-11(10)9-12/h1-9,14,18H,17H2. The molecule has 3 nitrogen and oxygen atoms in total. The second kappa shape index (κ2) is 5.17. The van der Waals surface area contributed by atoms with Crippen molar-refractivity contribution in [2.24, 2.45) is 5.84 Å². The minimum atomic E-state index is -0.0993. The van der Waals surface area contributed by atoms with Gasteiger partial charge in [-0.25, -0.2) is 5.43 Å². The fourth-order valence-corrected chi connectivity index (χ4v) is 2.73. The number of hydrogen-bond acceptors (Lipinski definition) is 3. The Morgan fingerprint density at radius 3 is 2.53 bits per heavy atom. The summed E-state index contributed by atoms with van der Waals surface area (Å²) in [6.07, 6.45) is 1.64. The molecule has 0 aliphatic rings. The Balaban J connectivity index is 2.09. The Bertz CT molecular complexity index is 708. The third-order valence-electron chi connectivity index (χ3n) is 3.23. The Morgan fingerprint density at radius 1 is 1.05 bits per heavy atom. The number of nitrogens with two attached hydrogens (primary N) is 1. The smallest absolute Gasteiger partial charge is 0.174 e. The summed E-state index contributed by atoms with van der Waals surface area (Å²) in [4.78, 5) is 0. The molecule has 0 aliphatic carbocycles. The monoisotopic (exact) mass is 316 g/mol. The maximum atomic E-state index is 5.70. The number of halogens is 1. The van der Waals surface area contributed by atoms with Crippen LogP contribution in [0.25, 0.3) is 10.8 Å². The van der Waals surface area contributed by atoms with E-state index in [2.05, 4.69) is 51.7 Å². The lowest BCUT2D eigenvalue weighted by molar-refractivity contribution is 0.527. The van der Waals surface area contributed by atoms with E-state index >= 15 is 0 Å². The van der Waals surface area contributed by atoms with Crippen LogP contribution in [-0.4, -0.2) is 0 Å². The largest absolute Gasteiger partial charge is 0.457 e. The minimum Gasteiger partial charge on any atom is -0.457 e. The first-order chi connectivity index (χ1) is 9.29. The van der Waals surface area contributed by atoms with Crippen molar-refractivity contribution in [3.63, 3.8) is 0 Å². The molecular formula is C15H13BrN2O. The summed E-state index contributed by atoms with van der Waals surface area (Å²) >= 11 is 3.39. The molecule has 1 heterocycles. The number of benzene rings is 2. The first-order valence-electron chi connectivity index (χ1n) is 5.97. The maximum absolute atomic E-state index is 5.70. The van der Waals surface area contributed by atoms with Gasteiger partial charge < -0.3 is 4.42 Å². The van der Waals surface area contributed by atoms with Crippen molar-refractivity contribution in [1.29, 1.82) is 0 Å². The van der Waals surface area contributed by atoms with E-state index in [9.17, 15) is 0 Å². The van der Waals surface area contributed by atoms with Crippen molar-refractivity contribution < 1.29 is 4.42 Å². The van der Waals surface area contributed by atoms with Crippen molar-refractivity contribution in [2.75, 3.05) is 0 Å². The van der Waals surface area contributed by atoms with Gasteiger partial charge in [0.1, 0.15) is 0 Å². The van der Waals surface area contributed by atoms with Crippen molar-refractivity contribution in [1.82, 2.24) is 5.43 Å². The van der Waals surface area contributed by atoms with Crippen LogP contribution in [0.4, 0.5) is 0 Å². The van der Waals surface area contributed by atoms with Crippen molar-refractivity contribution >= 4 is 26.7 Å². The second-order valence-electron chi connectivity index (χ2n) is 4.36. The summed E-state index contributed by atoms with van der Waals surface area (Å²) in [7, 11) is 0. The number of hydrazine groups is 1. The molecule has 0 aliphatic heterocycles. The van der Waals surface area contributed by atoms with Gasteiger partial charge in [0.15, 0.2) is 4.67 Å². The molecule has 0 saturated carbocycles. The molecule has 0 amide bonds. The van der Waals surface area contributed by atoms with Crippen LogP contribution in [0.3, 0.4) is 0 Å². The molecular weight excluding hydrogens is 304 g/mol. The maximum Gasteiger partial charge on any atom is 0.174 e. The number of hydrogen-bond donors (Lipinski definition) is 2. The predicted octanol–water partition coefficient (Wildman–Crippen LogP) is 3.75. The topological polar surface area (TPSA) is 51.2 Å². The molecule has 0 spiro atoms. The van der Waals surface area contributed by atoms with E-state index in [-0.39, 0.29) is 6.04 Å². The summed E-state index contributed by atoms with van der Waals surface area (Å²) in [6.45, 7) is 0. The van der Waals surface area contributed by atoms with E-state index in [4.69, 9.17) is 10.3 Å². The minimum absolute atomic E-state index is 0.0993. The van der Waals surface area contributed by atoms with Crippen LogP contribution in [0.1, 0.15) is 17.2 Å². The number of rotatable bonds is 3. The van der Waals surface area contributed by atoms with Crippen LogP contribution in [-0.2, 0) is 0 Å². The van der Waals surface area contributed by atoms with Crippen LogP contribution >= 0.6 is 15.9 Å². The van der Waals surface area contributed by atoms with Gasteiger partial charge in [0, 0.05) is 5.56 Å². The molecule has 0 fully saturated rings. The van der Waals surface area contributed by atoms with Crippen LogP contribution in [0, 0.1) is 0 Å². The summed E-state index contributed by atoms with van der Waals surface area (Å²) in [5, 5.41) is 2.41. The molecule has 0 bridgehead atoms. The van der Waals surface area contributed by atoms with E-state index in [0.29, 0.717) is 4.67 Å². The molecule has 0 radical (unpaired) electrons. The van der Waals surface area contributed by atoms with E-state index in [0.717, 1.165) is 11.1 Å². The van der Waals surface area contributed by atoms with Crippen molar-refractivity contribution in [3.8, 4) is 0 Å². The molecule has 4 heteroatoms. The molecule has 1 atom stereocenters. The summed E-state index contributed by atoms with van der Waals surface area (Å²) in [5.74, 6) is 5.70. The normalized spacial score (nSPS) is 12.7. The first kappa shape index (κ1) is 12.4. The van der Waals surface area contributed by atoms with Crippen LogP contribution < -0.4 is 11.3 Å². The van der Waals surface area contributed by atoms with Gasteiger partial charge >= 0.3 is 0 Å². The summed E-state index contributed by atoms with van der Waals surface area (Å²) in [6, 6.07) is 16.4. The number of nitrogens with one attached hydrogen (secondary N) is 1. The third-order valence-corrected chi connectivity index (χ3v) is 3.88. The van der Waals surface area contributed by atoms with Crippen molar-refractivity contribution in [3.05, 3.63) is 70.6 Å². The Morgan fingerprint density at radius 2 is 1.84 bits per heavy atom. The van der Waals surface area contributed by atoms with Gasteiger partial charge in [-0.1, -0.05) is 36.4 Å². The predicted molar refractivity (Wildman–Crippen MR) is 79.5 cm³/mol. The van der Waals surface area contributed by atoms with Gasteiger partial charge in [0.2, 0.25) is 0 Å². The average molecular weight is 317 g/mol. The average Bonchev–Trinajstić information content (AvgIpc) is 2.86. The number of furan rings is 1. The molecule has 3 aromatic rings. The second-order valence-corrected chi connectivity index (χ2v) is 5.08. The third kappa shape index (κ3) is 2.30. The molecule has 19 heavy (non-hydrogen) atoms. The van der Waals surface area contributed by atoms with E-state index in [1.54, 1.807) is 6.26 Å². The van der Waals surface area contributed by atoms with Gasteiger partial charge in [0.05, 0.1) is 12.3 Å². The fraction of sp³-hybridized carbons (Fsp3) is 0.0667. The van der Waals surface area contributed by atoms with Gasteiger partial charge in [-0.15, -0.1) is 0 Å². The molecule has 0 saturated heterocycles. The molecule has 96 valence electrons. The highest BCUT2D eigenvalue weighted by Crippen LogP contribution is 2.30. The Labute approximate surface area is 119 Å². The zero-order valence-corrected chi connectivity index (χ0v) is 11.7. The zero-order chi connectivity index (χ0) is 13.2. The van der Waals surface area contributed by atoms with Gasteiger partial charge in [-0.05, 0) is 44.4 Å². The van der Waals surface area contributed by atoms with Gasteiger partial charge in [-0.3, -0.25) is 5.84 Å². The lowest BCUT2D eigenvalue weighted by Gasteiger charge is -2.16. The van der Waals surface area contributed by atoms with Crippen LogP contribution in [0.2, 0.25) is 0 Å². The highest BCUT2D eigenvalue weighted by atomic mass is 79.9. The first-order valence-corrected chi connectivity index (χ1v) is 6.76. The lowest BCUT2D eigenvalue weighted by Crippen LogP contribution is -2.28. The Hall–Kier alpha value is -1.62. The zero-order valence-electron chi connectivity index (χ0n) is 10.1. The molecule has 3 rings (SSSR count). The van der Waals surface area contributed by atoms with Gasteiger partial charge in [-0.2, -0.15) is 0 Å². The summed E-state index contributed by atoms with van der Waals surface area (Å²) in [5.41, 5.74) is 4.92. The number of fused-ring (bicyclic) bond motifs is 1. The van der Waals surface area contributed by atoms with E-state index < -0.39 is 0 Å². The fourth-order valence-electron chi connectivity index (χ4n) is 2.26.